The quantitative estimate of drug-likeness (QED) is 0.425. The van der Waals surface area contributed by atoms with Crippen molar-refractivity contribution in [2.45, 2.75) is 57.5 Å². The smallest absolute Gasteiger partial charge is 0.308 e. The van der Waals surface area contributed by atoms with Gasteiger partial charge in [-0.3, -0.25) is 14.4 Å². The Hall–Kier alpha value is -2.97. The molecule has 1 aromatic carbocycles. The molecule has 1 amide bonds. The van der Waals surface area contributed by atoms with Crippen LogP contribution in [0.15, 0.2) is 54.3 Å². The number of nitrogens with one attached hydrogen (secondary N) is 2. The number of nitrogens with zero attached hydrogens (tertiary/aromatic N) is 1. The number of hydrogen-bond donors (Lipinski definition) is 4. The number of hydrogen-bond acceptors (Lipinski definition) is 5. The van der Waals surface area contributed by atoms with Crippen molar-refractivity contribution in [3.63, 3.8) is 0 Å². The number of benzene rings is 1. The highest BCUT2D eigenvalue weighted by Crippen LogP contribution is 2.41. The summed E-state index contributed by atoms with van der Waals surface area (Å²) in [4.78, 5) is 39.4. The van der Waals surface area contributed by atoms with Gasteiger partial charge in [-0.1, -0.05) is 42.5 Å². The van der Waals surface area contributed by atoms with E-state index in [9.17, 15) is 24.6 Å². The molecular weight excluding hydrogens is 470 g/mol. The van der Waals surface area contributed by atoms with Gasteiger partial charge < -0.3 is 25.7 Å². The van der Waals surface area contributed by atoms with Crippen molar-refractivity contribution in [2.75, 3.05) is 19.6 Å². The van der Waals surface area contributed by atoms with Gasteiger partial charge in [-0.05, 0) is 75.6 Å². The van der Waals surface area contributed by atoms with Gasteiger partial charge in [-0.25, -0.2) is 0 Å². The molecule has 3 aliphatic rings. The van der Waals surface area contributed by atoms with Gasteiger partial charge in [-0.2, -0.15) is 0 Å². The van der Waals surface area contributed by atoms with Crippen LogP contribution in [-0.4, -0.2) is 64.7 Å². The highest BCUT2D eigenvalue weighted by atomic mass is 16.4. The predicted molar refractivity (Wildman–Crippen MR) is 141 cm³/mol. The number of amides is 1. The van der Waals surface area contributed by atoms with Crippen LogP contribution < -0.4 is 10.6 Å². The Labute approximate surface area is 218 Å². The third kappa shape index (κ3) is 6.48. The van der Waals surface area contributed by atoms with E-state index in [2.05, 4.69) is 39.8 Å². The Kier molecular flexibility index (Phi) is 8.82. The first kappa shape index (κ1) is 27.1. The standard InChI is InChI=1S/C29H39N3O5/c1-18-25(28(34)35)27(26(29(36)37)19(2)30-18)22-9-6-10-23(17-22)31-24(33)13-16-32-14-11-21(12-15-32)20-7-4-3-5-8-20/h3-10,18-19,21-22,25-27,30H,11-17H2,1-2H3,(H,31,33)(H,34,35)(H,36,37). The van der Waals surface area contributed by atoms with E-state index < -0.39 is 29.7 Å². The predicted octanol–water partition coefficient (Wildman–Crippen LogP) is 3.23. The lowest BCUT2D eigenvalue weighted by molar-refractivity contribution is -0.156. The minimum atomic E-state index is -0.993. The average molecular weight is 510 g/mol. The normalized spacial score (nSPS) is 30.9. The molecule has 0 spiro atoms. The minimum Gasteiger partial charge on any atom is -0.481 e. The summed E-state index contributed by atoms with van der Waals surface area (Å²) in [6, 6.07) is 9.89. The first-order chi connectivity index (χ1) is 17.7. The number of carboxylic acid groups (broad SMARTS) is 2. The summed E-state index contributed by atoms with van der Waals surface area (Å²) < 4.78 is 0. The van der Waals surface area contributed by atoms with Crippen LogP contribution in [0, 0.1) is 23.7 Å². The molecule has 8 nitrogen and oxygen atoms in total. The molecular formula is C29H39N3O5. The van der Waals surface area contributed by atoms with Crippen molar-refractivity contribution in [1.29, 1.82) is 0 Å². The molecule has 37 heavy (non-hydrogen) atoms. The fraction of sp³-hybridized carbons (Fsp3) is 0.552. The van der Waals surface area contributed by atoms with Crippen LogP contribution in [0.1, 0.15) is 51.0 Å². The second kappa shape index (κ2) is 12.0. The van der Waals surface area contributed by atoms with Gasteiger partial charge in [0.1, 0.15) is 0 Å². The number of likely N-dealkylation sites (tertiary alicyclic amines) is 1. The Bertz CT molecular complexity index is 1010. The van der Waals surface area contributed by atoms with Gasteiger partial charge >= 0.3 is 11.9 Å². The summed E-state index contributed by atoms with van der Waals surface area (Å²) in [6.07, 6.45) is 8.53. The second-order valence-corrected chi connectivity index (χ2v) is 10.8. The van der Waals surface area contributed by atoms with Crippen molar-refractivity contribution in [2.24, 2.45) is 23.7 Å². The van der Waals surface area contributed by atoms with Crippen LogP contribution in [-0.2, 0) is 14.4 Å². The zero-order valence-corrected chi connectivity index (χ0v) is 21.7. The van der Waals surface area contributed by atoms with Crippen molar-refractivity contribution >= 4 is 17.8 Å². The van der Waals surface area contributed by atoms with Crippen molar-refractivity contribution in [1.82, 2.24) is 15.5 Å². The van der Waals surface area contributed by atoms with Gasteiger partial charge in [0.05, 0.1) is 11.8 Å². The van der Waals surface area contributed by atoms with E-state index in [1.165, 1.54) is 5.56 Å². The molecule has 0 saturated carbocycles. The molecule has 2 saturated heterocycles. The second-order valence-electron chi connectivity index (χ2n) is 10.8. The summed E-state index contributed by atoms with van der Waals surface area (Å²) in [7, 11) is 0. The molecule has 5 atom stereocenters. The van der Waals surface area contributed by atoms with E-state index in [-0.39, 0.29) is 23.9 Å². The molecule has 4 N–H and O–H groups in total. The zero-order chi connectivity index (χ0) is 26.5. The van der Waals surface area contributed by atoms with Gasteiger partial charge in [0.15, 0.2) is 0 Å². The lowest BCUT2D eigenvalue weighted by atomic mass is 9.64. The van der Waals surface area contributed by atoms with E-state index in [0.29, 0.717) is 31.0 Å². The average Bonchev–Trinajstić information content (AvgIpc) is 2.87. The maximum atomic E-state index is 12.8. The Balaban J connectivity index is 1.30. The highest BCUT2D eigenvalue weighted by molar-refractivity contribution is 5.78. The topological polar surface area (TPSA) is 119 Å². The number of carbonyl (C=O) groups is 3. The molecule has 0 aromatic heterocycles. The number of carbonyl (C=O) groups excluding carboxylic acids is 1. The van der Waals surface area contributed by atoms with Crippen molar-refractivity contribution < 1.29 is 24.6 Å². The van der Waals surface area contributed by atoms with Crippen molar-refractivity contribution in [3.8, 4) is 0 Å². The fourth-order valence-corrected chi connectivity index (χ4v) is 6.58. The Morgan fingerprint density at radius 1 is 1.00 bits per heavy atom. The van der Waals surface area contributed by atoms with Crippen LogP contribution in [0.25, 0.3) is 0 Å². The van der Waals surface area contributed by atoms with Crippen molar-refractivity contribution in [3.05, 3.63) is 59.8 Å². The monoisotopic (exact) mass is 509 g/mol. The summed E-state index contributed by atoms with van der Waals surface area (Å²) in [5, 5.41) is 26.0. The van der Waals surface area contributed by atoms with E-state index in [1.54, 1.807) is 13.8 Å². The van der Waals surface area contributed by atoms with E-state index >= 15 is 0 Å². The van der Waals surface area contributed by atoms with E-state index in [1.807, 2.05) is 24.3 Å². The van der Waals surface area contributed by atoms with Crippen LogP contribution in [0.3, 0.4) is 0 Å². The van der Waals surface area contributed by atoms with E-state index in [0.717, 1.165) is 25.9 Å². The third-order valence-corrected chi connectivity index (χ3v) is 8.42. The third-order valence-electron chi connectivity index (χ3n) is 8.42. The molecule has 1 aromatic rings. The molecule has 200 valence electrons. The maximum absolute atomic E-state index is 12.8. The van der Waals surface area contributed by atoms with E-state index in [4.69, 9.17) is 0 Å². The summed E-state index contributed by atoms with van der Waals surface area (Å²) in [5.74, 6) is -4.01. The molecule has 0 radical (unpaired) electrons. The van der Waals surface area contributed by atoms with Gasteiger partial charge in [0, 0.05) is 30.7 Å². The molecule has 2 aliphatic heterocycles. The number of allylic oxidation sites excluding steroid dienone is 4. The number of aliphatic carboxylic acids is 2. The fourth-order valence-electron chi connectivity index (χ4n) is 6.58. The number of piperidine rings is 2. The Morgan fingerprint density at radius 3 is 2.22 bits per heavy atom. The molecule has 0 bridgehead atoms. The van der Waals surface area contributed by atoms with Crippen LogP contribution in [0.4, 0.5) is 0 Å². The molecule has 4 rings (SSSR count). The summed E-state index contributed by atoms with van der Waals surface area (Å²) in [5.41, 5.74) is 2.10. The highest BCUT2D eigenvalue weighted by Gasteiger charge is 2.50. The van der Waals surface area contributed by atoms with Gasteiger partial charge in [0.2, 0.25) is 5.91 Å². The zero-order valence-electron chi connectivity index (χ0n) is 21.7. The van der Waals surface area contributed by atoms with Crippen LogP contribution in [0.5, 0.6) is 0 Å². The number of carboxylic acids is 2. The summed E-state index contributed by atoms with van der Waals surface area (Å²) in [6.45, 7) is 6.24. The van der Waals surface area contributed by atoms with Gasteiger partial charge in [-0.15, -0.1) is 0 Å². The van der Waals surface area contributed by atoms with Crippen LogP contribution >= 0.6 is 0 Å². The molecule has 2 heterocycles. The first-order valence-electron chi connectivity index (χ1n) is 13.4. The molecule has 1 aliphatic carbocycles. The largest absolute Gasteiger partial charge is 0.481 e. The Morgan fingerprint density at radius 2 is 1.62 bits per heavy atom. The number of rotatable bonds is 8. The summed E-state index contributed by atoms with van der Waals surface area (Å²) >= 11 is 0. The lowest BCUT2D eigenvalue weighted by Gasteiger charge is -2.46. The molecule has 8 heteroatoms. The molecule has 5 unspecified atom stereocenters. The SMILES string of the molecule is CC1NC(C)C(C(=O)O)C(C2C=CC=C(NC(=O)CCN3CCC(c4ccccc4)CC3)C2)C1C(=O)O. The molecule has 2 fully saturated rings. The maximum Gasteiger partial charge on any atom is 0.308 e. The van der Waals surface area contributed by atoms with Crippen LogP contribution in [0.2, 0.25) is 0 Å². The first-order valence-corrected chi connectivity index (χ1v) is 13.4. The minimum absolute atomic E-state index is 0.0675. The lowest BCUT2D eigenvalue weighted by Crippen LogP contribution is -2.60. The van der Waals surface area contributed by atoms with Gasteiger partial charge in [0.25, 0.3) is 0 Å².